The van der Waals surface area contributed by atoms with Gasteiger partial charge in [0.25, 0.3) is 0 Å². The molecular formula is C14H19N3S. The number of rotatable bonds is 2. The molecule has 2 aromatic rings. The average Bonchev–Trinajstić information content (AvgIpc) is 2.83. The zero-order valence-corrected chi connectivity index (χ0v) is 11.5. The fourth-order valence-corrected chi connectivity index (χ4v) is 3.08. The van der Waals surface area contributed by atoms with Gasteiger partial charge in [0.15, 0.2) is 0 Å². The molecule has 0 bridgehead atoms. The predicted octanol–water partition coefficient (Wildman–Crippen LogP) is 3.61. The molecule has 1 aliphatic rings. The second-order valence-corrected chi connectivity index (χ2v) is 5.74. The van der Waals surface area contributed by atoms with Crippen LogP contribution < -0.4 is 5.32 Å². The van der Waals surface area contributed by atoms with Gasteiger partial charge in [-0.1, -0.05) is 19.8 Å². The van der Waals surface area contributed by atoms with Crippen LogP contribution in [0, 0.1) is 5.92 Å². The van der Waals surface area contributed by atoms with Crippen molar-refractivity contribution >= 4 is 23.8 Å². The van der Waals surface area contributed by atoms with Crippen molar-refractivity contribution < 1.29 is 0 Å². The number of fused-ring (bicyclic) bond motifs is 1. The topological polar surface area (TPSA) is 29.3 Å². The Morgan fingerprint density at radius 1 is 1.39 bits per heavy atom. The van der Waals surface area contributed by atoms with Gasteiger partial charge in [0.2, 0.25) is 0 Å². The molecule has 2 unspecified atom stereocenters. The minimum atomic E-state index is 0.561. The Morgan fingerprint density at radius 2 is 2.22 bits per heavy atom. The fourth-order valence-electron chi connectivity index (χ4n) is 2.85. The average molecular weight is 261 g/mol. The van der Waals surface area contributed by atoms with E-state index in [9.17, 15) is 0 Å². The zero-order valence-electron chi connectivity index (χ0n) is 10.6. The highest BCUT2D eigenvalue weighted by molar-refractivity contribution is 7.80. The molecule has 96 valence electrons. The SMILES string of the molecule is CC1CCCCC1Nc1c(S)cnn2cccc12. The van der Waals surface area contributed by atoms with Crippen LogP contribution in [0.5, 0.6) is 0 Å². The summed E-state index contributed by atoms with van der Waals surface area (Å²) in [7, 11) is 0. The number of nitrogens with zero attached hydrogens (tertiary/aromatic N) is 2. The van der Waals surface area contributed by atoms with Gasteiger partial charge in [0.05, 0.1) is 17.4 Å². The van der Waals surface area contributed by atoms with Crippen LogP contribution in [-0.2, 0) is 0 Å². The van der Waals surface area contributed by atoms with Crippen LogP contribution in [0.3, 0.4) is 0 Å². The molecule has 0 amide bonds. The maximum Gasteiger partial charge on any atom is 0.0889 e. The van der Waals surface area contributed by atoms with Crippen molar-refractivity contribution in [1.82, 2.24) is 9.61 Å². The van der Waals surface area contributed by atoms with Crippen LogP contribution in [0.25, 0.3) is 5.52 Å². The first-order chi connectivity index (χ1) is 8.75. The molecule has 2 atom stereocenters. The lowest BCUT2D eigenvalue weighted by Gasteiger charge is -2.31. The van der Waals surface area contributed by atoms with Crippen molar-refractivity contribution in [2.75, 3.05) is 5.32 Å². The molecule has 3 nitrogen and oxygen atoms in total. The van der Waals surface area contributed by atoms with E-state index in [0.717, 1.165) is 22.0 Å². The summed E-state index contributed by atoms with van der Waals surface area (Å²) in [6.45, 7) is 2.34. The summed E-state index contributed by atoms with van der Waals surface area (Å²) in [5.74, 6) is 0.731. The molecule has 2 heterocycles. The minimum Gasteiger partial charge on any atom is -0.379 e. The summed E-state index contributed by atoms with van der Waals surface area (Å²) in [6, 6.07) is 4.67. The van der Waals surface area contributed by atoms with Crippen LogP contribution in [0.4, 0.5) is 5.69 Å². The second-order valence-electron chi connectivity index (χ2n) is 5.26. The third-order valence-corrected chi connectivity index (χ3v) is 4.33. The highest BCUT2D eigenvalue weighted by Crippen LogP contribution is 2.31. The third-order valence-electron chi connectivity index (χ3n) is 3.99. The van der Waals surface area contributed by atoms with Crippen molar-refractivity contribution in [1.29, 1.82) is 0 Å². The smallest absolute Gasteiger partial charge is 0.0889 e. The van der Waals surface area contributed by atoms with Crippen molar-refractivity contribution in [3.05, 3.63) is 24.5 Å². The number of hydrogen-bond donors (Lipinski definition) is 2. The zero-order chi connectivity index (χ0) is 12.5. The second kappa shape index (κ2) is 4.84. The third kappa shape index (κ3) is 2.09. The fraction of sp³-hybridized carbons (Fsp3) is 0.500. The molecule has 0 spiro atoms. The van der Waals surface area contributed by atoms with Gasteiger partial charge in [0, 0.05) is 17.1 Å². The van der Waals surface area contributed by atoms with E-state index in [1.165, 1.54) is 25.7 Å². The van der Waals surface area contributed by atoms with Crippen molar-refractivity contribution in [3.8, 4) is 0 Å². The summed E-state index contributed by atoms with van der Waals surface area (Å²) >= 11 is 4.54. The summed E-state index contributed by atoms with van der Waals surface area (Å²) in [4.78, 5) is 0.930. The first-order valence-corrected chi connectivity index (χ1v) is 7.12. The molecule has 1 saturated carbocycles. The van der Waals surface area contributed by atoms with Crippen LogP contribution >= 0.6 is 12.6 Å². The van der Waals surface area contributed by atoms with Crippen molar-refractivity contribution in [2.45, 2.75) is 43.5 Å². The minimum absolute atomic E-state index is 0.561. The Kier molecular flexibility index (Phi) is 3.20. The lowest BCUT2D eigenvalue weighted by atomic mass is 9.86. The maximum absolute atomic E-state index is 4.54. The Balaban J connectivity index is 1.93. The summed E-state index contributed by atoms with van der Waals surface area (Å²) in [6.07, 6.45) is 9.05. The molecule has 0 radical (unpaired) electrons. The molecule has 1 N–H and O–H groups in total. The molecule has 3 rings (SSSR count). The molecule has 0 aromatic carbocycles. The van der Waals surface area contributed by atoms with E-state index in [1.54, 1.807) is 0 Å². The molecule has 18 heavy (non-hydrogen) atoms. The molecule has 4 heteroatoms. The van der Waals surface area contributed by atoms with Gasteiger partial charge in [-0.3, -0.25) is 0 Å². The first kappa shape index (κ1) is 11.9. The monoisotopic (exact) mass is 261 g/mol. The largest absolute Gasteiger partial charge is 0.379 e. The Bertz CT molecular complexity index is 549. The number of thiol groups is 1. The lowest BCUT2D eigenvalue weighted by Crippen LogP contribution is -2.30. The quantitative estimate of drug-likeness (QED) is 0.809. The van der Waals surface area contributed by atoms with Crippen LogP contribution in [-0.4, -0.2) is 15.7 Å². The van der Waals surface area contributed by atoms with E-state index in [4.69, 9.17) is 0 Å². The molecule has 1 aliphatic carbocycles. The van der Waals surface area contributed by atoms with Gasteiger partial charge in [-0.15, -0.1) is 12.6 Å². The normalized spacial score (nSPS) is 24.3. The predicted molar refractivity (Wildman–Crippen MR) is 77.5 cm³/mol. The van der Waals surface area contributed by atoms with Crippen molar-refractivity contribution in [2.24, 2.45) is 5.92 Å². The van der Waals surface area contributed by atoms with E-state index < -0.39 is 0 Å². The highest BCUT2D eigenvalue weighted by Gasteiger charge is 2.22. The van der Waals surface area contributed by atoms with Gasteiger partial charge in [-0.25, -0.2) is 4.52 Å². The maximum atomic E-state index is 4.54. The first-order valence-electron chi connectivity index (χ1n) is 6.67. The molecule has 1 fully saturated rings. The van der Waals surface area contributed by atoms with Crippen LogP contribution in [0.2, 0.25) is 0 Å². The Morgan fingerprint density at radius 3 is 3.06 bits per heavy atom. The van der Waals surface area contributed by atoms with Gasteiger partial charge in [-0.2, -0.15) is 5.10 Å². The van der Waals surface area contributed by atoms with Gasteiger partial charge in [0.1, 0.15) is 0 Å². The van der Waals surface area contributed by atoms with Gasteiger partial charge >= 0.3 is 0 Å². The Hall–Kier alpha value is -1.16. The van der Waals surface area contributed by atoms with E-state index in [-0.39, 0.29) is 0 Å². The molecule has 2 aromatic heterocycles. The standard InChI is InChI=1S/C14H19N3S/c1-10-5-2-3-6-11(10)16-14-12-7-4-8-17(12)15-9-13(14)18/h4,7-11,16,18H,2-3,5-6H2,1H3. The van der Waals surface area contributed by atoms with E-state index in [1.807, 2.05) is 23.0 Å². The lowest BCUT2D eigenvalue weighted by molar-refractivity contribution is 0.349. The van der Waals surface area contributed by atoms with E-state index in [0.29, 0.717) is 6.04 Å². The number of aromatic nitrogens is 2. The number of nitrogens with one attached hydrogen (secondary N) is 1. The molecule has 0 aliphatic heterocycles. The number of anilines is 1. The van der Waals surface area contributed by atoms with Gasteiger partial charge < -0.3 is 5.32 Å². The van der Waals surface area contributed by atoms with Crippen LogP contribution in [0.15, 0.2) is 29.4 Å². The Labute approximate surface area is 113 Å². The highest BCUT2D eigenvalue weighted by atomic mass is 32.1. The molecule has 0 saturated heterocycles. The van der Waals surface area contributed by atoms with E-state index >= 15 is 0 Å². The summed E-state index contributed by atoms with van der Waals surface area (Å²) in [5, 5.41) is 8.00. The van der Waals surface area contributed by atoms with Gasteiger partial charge in [-0.05, 0) is 30.9 Å². The number of hydrogen-bond acceptors (Lipinski definition) is 3. The van der Waals surface area contributed by atoms with Crippen molar-refractivity contribution in [3.63, 3.8) is 0 Å². The van der Waals surface area contributed by atoms with Crippen LogP contribution in [0.1, 0.15) is 32.6 Å². The van der Waals surface area contributed by atoms with E-state index in [2.05, 4.69) is 36.0 Å². The summed E-state index contributed by atoms with van der Waals surface area (Å²) in [5.41, 5.74) is 2.23. The molecular weight excluding hydrogens is 242 g/mol. The summed E-state index contributed by atoms with van der Waals surface area (Å²) < 4.78 is 1.90.